The molecule has 0 amide bonds. The molecule has 1 aromatic carbocycles. The molecule has 0 bridgehead atoms. The van der Waals surface area contributed by atoms with Crippen LogP contribution in [0.2, 0.25) is 0 Å². The number of carbonyl (C=O) groups excluding carboxylic acids is 2. The molecule has 1 heterocycles. The van der Waals surface area contributed by atoms with Gasteiger partial charge >= 0.3 is 7.83 Å². The lowest BCUT2D eigenvalue weighted by Crippen LogP contribution is -2.28. The van der Waals surface area contributed by atoms with Gasteiger partial charge in [-0.1, -0.05) is 13.3 Å². The molecule has 0 saturated heterocycles. The van der Waals surface area contributed by atoms with Gasteiger partial charge in [-0.15, -0.1) is 11.8 Å². The molecular weight excluding hydrogens is 309 g/mol. The molecule has 1 aliphatic heterocycles. The predicted octanol–water partition coefficient (Wildman–Crippen LogP) is 3.82. The van der Waals surface area contributed by atoms with Crippen molar-refractivity contribution in [2.75, 3.05) is 12.4 Å². The van der Waals surface area contributed by atoms with Crippen LogP contribution in [-0.4, -0.2) is 31.8 Å². The van der Waals surface area contributed by atoms with Gasteiger partial charge in [-0.2, -0.15) is 0 Å². The van der Waals surface area contributed by atoms with Crippen molar-refractivity contribution < 1.29 is 23.0 Å². The molecule has 0 aliphatic carbocycles. The van der Waals surface area contributed by atoms with E-state index in [9.17, 15) is 18.2 Å². The van der Waals surface area contributed by atoms with Crippen LogP contribution in [0.15, 0.2) is 23.1 Å². The second-order valence-corrected chi connectivity index (χ2v) is 5.84. The second kappa shape index (κ2) is 9.61. The molecule has 0 saturated carbocycles. The molecule has 1 aliphatic rings. The van der Waals surface area contributed by atoms with Gasteiger partial charge in [0.25, 0.3) is 0 Å². The van der Waals surface area contributed by atoms with E-state index in [0.29, 0.717) is 17.9 Å². The summed E-state index contributed by atoms with van der Waals surface area (Å²) in [6.07, 6.45) is 2.12. The second-order valence-electron chi connectivity index (χ2n) is 4.78. The summed E-state index contributed by atoms with van der Waals surface area (Å²) in [5.41, 5.74) is 0.652. The normalized spacial score (nSPS) is 16.2. The van der Waals surface area contributed by atoms with Gasteiger partial charge in [-0.3, -0.25) is 18.2 Å². The van der Waals surface area contributed by atoms with Gasteiger partial charge in [-0.05, 0) is 31.5 Å². The maximum absolute atomic E-state index is 12.2. The van der Waals surface area contributed by atoms with Gasteiger partial charge in [0, 0.05) is 16.2 Å². The number of carbonyl (C=O) groups is 2. The van der Waals surface area contributed by atoms with E-state index in [2.05, 4.69) is 6.92 Å². The van der Waals surface area contributed by atoms with E-state index in [1.54, 1.807) is 17.8 Å². The van der Waals surface area contributed by atoms with Crippen LogP contribution in [-0.2, 0) is 4.79 Å². The molecule has 0 aromatic heterocycles. The Hall–Kier alpha value is -1.37. The van der Waals surface area contributed by atoms with Crippen LogP contribution in [0.3, 0.4) is 0 Å². The summed E-state index contributed by atoms with van der Waals surface area (Å²) in [6, 6.07) is 5.50. The highest BCUT2D eigenvalue weighted by molar-refractivity contribution is 7.99. The molecule has 119 valence electrons. The molecule has 1 aromatic rings. The van der Waals surface area contributed by atoms with Gasteiger partial charge in [0.15, 0.2) is 5.78 Å². The van der Waals surface area contributed by atoms with E-state index in [1.165, 1.54) is 6.92 Å². The van der Waals surface area contributed by atoms with Crippen molar-refractivity contribution >= 4 is 31.2 Å². The Kier molecular flexibility index (Phi) is 8.16. The largest absolute Gasteiger partial charge is 0.577 e. The van der Waals surface area contributed by atoms with Crippen molar-refractivity contribution in [3.05, 3.63) is 23.8 Å². The summed E-state index contributed by atoms with van der Waals surface area (Å²) >= 11 is 1.56. The molecule has 1 atom stereocenters. The van der Waals surface area contributed by atoms with Crippen molar-refractivity contribution in [3.8, 4) is 5.75 Å². The average Bonchev–Trinajstić information content (AvgIpc) is 2.48. The molecule has 0 N–H and O–H groups in total. The smallest absolute Gasteiger partial charge is 0.494 e. The van der Waals surface area contributed by atoms with Gasteiger partial charge < -0.3 is 4.74 Å². The lowest BCUT2D eigenvalue weighted by Gasteiger charge is -2.21. The van der Waals surface area contributed by atoms with Crippen LogP contribution in [0.5, 0.6) is 5.75 Å². The fourth-order valence-electron chi connectivity index (χ4n) is 1.99. The molecular formula is C15H18BF2O3S. The third-order valence-electron chi connectivity index (χ3n) is 3.20. The fraction of sp³-hybridized carbons (Fsp3) is 0.467. The van der Waals surface area contributed by atoms with Crippen LogP contribution in [0.25, 0.3) is 0 Å². The van der Waals surface area contributed by atoms with Crippen LogP contribution >= 0.6 is 11.8 Å². The van der Waals surface area contributed by atoms with Gasteiger partial charge in [0.05, 0.1) is 12.5 Å². The molecule has 2 rings (SSSR count). The minimum absolute atomic E-state index is 0.0496. The number of halogens is 2. The maximum atomic E-state index is 12.2. The minimum atomic E-state index is -1.00. The topological polar surface area (TPSA) is 43.4 Å². The van der Waals surface area contributed by atoms with Gasteiger partial charge in [-0.25, -0.2) is 0 Å². The van der Waals surface area contributed by atoms with Crippen molar-refractivity contribution in [1.82, 2.24) is 0 Å². The summed E-state index contributed by atoms with van der Waals surface area (Å²) in [4.78, 5) is 24.5. The molecule has 7 heteroatoms. The first kappa shape index (κ1) is 18.7. The maximum Gasteiger partial charge on any atom is 0.577 e. The lowest BCUT2D eigenvalue weighted by atomic mass is 9.95. The van der Waals surface area contributed by atoms with Crippen LogP contribution < -0.4 is 4.74 Å². The summed E-state index contributed by atoms with van der Waals surface area (Å²) in [5.74, 6) is 0.755. The van der Waals surface area contributed by atoms with Crippen molar-refractivity contribution in [2.45, 2.75) is 31.6 Å². The Morgan fingerprint density at radius 2 is 2.14 bits per heavy atom. The van der Waals surface area contributed by atoms with Crippen molar-refractivity contribution in [3.63, 3.8) is 0 Å². The first-order valence-corrected chi connectivity index (χ1v) is 8.00. The van der Waals surface area contributed by atoms with E-state index < -0.39 is 13.8 Å². The highest BCUT2D eigenvalue weighted by Crippen LogP contribution is 2.35. The molecule has 3 nitrogen and oxygen atoms in total. The number of fused-ring (bicyclic) bond motifs is 1. The number of rotatable bonds is 5. The van der Waals surface area contributed by atoms with Crippen LogP contribution in [0.4, 0.5) is 8.63 Å². The Labute approximate surface area is 134 Å². The molecule has 0 fully saturated rings. The summed E-state index contributed by atoms with van der Waals surface area (Å²) in [5, 5.41) is 0. The molecule has 1 radical (unpaired) electrons. The van der Waals surface area contributed by atoms with Crippen molar-refractivity contribution in [2.24, 2.45) is 5.92 Å². The highest BCUT2D eigenvalue weighted by atomic mass is 32.2. The summed E-state index contributed by atoms with van der Waals surface area (Å²) < 4.78 is 24.6. The van der Waals surface area contributed by atoms with E-state index >= 15 is 0 Å². The van der Waals surface area contributed by atoms with Crippen molar-refractivity contribution in [1.29, 1.82) is 0 Å². The van der Waals surface area contributed by atoms with Crippen LogP contribution in [0.1, 0.15) is 37.0 Å². The number of unbranched alkanes of at least 4 members (excludes halogenated alkanes) is 1. The number of ketones is 2. The van der Waals surface area contributed by atoms with E-state index in [1.807, 2.05) is 12.1 Å². The summed E-state index contributed by atoms with van der Waals surface area (Å²) in [7, 11) is -1.00. The standard InChI is InChI=1S/C15H18O3S.BF2/c1-3-4-7-18-11-5-6-12-14(8-11)19-9-13(10(2)16)15(12)17;2-1-3/h5-6,8,13H,3-4,7,9H2,1-2H3;. The zero-order valence-electron chi connectivity index (χ0n) is 12.6. The van der Waals surface area contributed by atoms with Crippen LogP contribution in [0, 0.1) is 5.92 Å². The Bertz CT molecular complexity index is 526. The summed E-state index contributed by atoms with van der Waals surface area (Å²) in [6.45, 7) is 4.30. The first-order valence-electron chi connectivity index (χ1n) is 7.01. The monoisotopic (exact) mass is 327 g/mol. The third kappa shape index (κ3) is 5.12. The molecule has 22 heavy (non-hydrogen) atoms. The number of hydrogen-bond donors (Lipinski definition) is 0. The SMILES string of the molecule is CCCCOc1ccc2c(c1)SCC(C(C)=O)C2=O.F[B]F. The quantitative estimate of drug-likeness (QED) is 0.468. The van der Waals surface area contributed by atoms with Gasteiger partial charge in [0.1, 0.15) is 11.5 Å². The fourth-order valence-corrected chi connectivity index (χ4v) is 3.24. The minimum Gasteiger partial charge on any atom is -0.494 e. The zero-order chi connectivity index (χ0) is 16.5. The number of thioether (sulfide) groups is 1. The third-order valence-corrected chi connectivity index (χ3v) is 4.35. The number of Topliss-reactive ketones (excluding diaryl/α,β-unsaturated/α-hetero) is 2. The average molecular weight is 327 g/mol. The lowest BCUT2D eigenvalue weighted by molar-refractivity contribution is -0.118. The van der Waals surface area contributed by atoms with E-state index in [4.69, 9.17) is 4.74 Å². The Morgan fingerprint density at radius 1 is 1.45 bits per heavy atom. The number of ether oxygens (including phenoxy) is 1. The van der Waals surface area contributed by atoms with E-state index in [-0.39, 0.29) is 11.6 Å². The Morgan fingerprint density at radius 3 is 2.73 bits per heavy atom. The Balaban J connectivity index is 0.000000745. The highest BCUT2D eigenvalue weighted by Gasteiger charge is 2.31. The predicted molar refractivity (Wildman–Crippen MR) is 84.0 cm³/mol. The number of benzene rings is 1. The molecule has 1 unspecified atom stereocenters. The molecule has 0 spiro atoms. The van der Waals surface area contributed by atoms with E-state index in [0.717, 1.165) is 23.5 Å². The van der Waals surface area contributed by atoms with Gasteiger partial charge in [0.2, 0.25) is 0 Å². The first-order chi connectivity index (χ1) is 10.5. The number of hydrogen-bond acceptors (Lipinski definition) is 4. The zero-order valence-corrected chi connectivity index (χ0v) is 13.4.